The van der Waals surface area contributed by atoms with Crippen molar-refractivity contribution in [2.45, 2.75) is 31.6 Å². The molecule has 3 N–H and O–H groups in total. The number of fused-ring (bicyclic) bond motifs is 1. The maximum atomic E-state index is 14.1. The number of likely N-dealkylation sites (tertiary alicyclic amines) is 1. The first kappa shape index (κ1) is 14.6. The van der Waals surface area contributed by atoms with Crippen LogP contribution in [0.4, 0.5) is 4.39 Å². The van der Waals surface area contributed by atoms with Crippen molar-refractivity contribution in [3.63, 3.8) is 0 Å². The van der Waals surface area contributed by atoms with Crippen LogP contribution in [0, 0.1) is 5.82 Å². The van der Waals surface area contributed by atoms with Gasteiger partial charge < -0.3 is 25.2 Å². The van der Waals surface area contributed by atoms with Crippen LogP contribution < -0.4 is 15.2 Å². The molecule has 1 fully saturated rings. The summed E-state index contributed by atoms with van der Waals surface area (Å²) < 4.78 is 25.0. The molecule has 3 rings (SSSR count). The van der Waals surface area contributed by atoms with E-state index in [0.29, 0.717) is 24.5 Å². The van der Waals surface area contributed by atoms with Gasteiger partial charge in [0.2, 0.25) is 0 Å². The van der Waals surface area contributed by atoms with Crippen molar-refractivity contribution in [2.24, 2.45) is 5.73 Å². The summed E-state index contributed by atoms with van der Waals surface area (Å²) in [5.74, 6) is -0.0797. The minimum atomic E-state index is -0.925. The lowest BCUT2D eigenvalue weighted by atomic mass is 10.0. The Labute approximate surface area is 123 Å². The zero-order valence-electron chi connectivity index (χ0n) is 12.1. The van der Waals surface area contributed by atoms with E-state index in [0.717, 1.165) is 13.1 Å². The fourth-order valence-corrected chi connectivity index (χ4v) is 2.65. The van der Waals surface area contributed by atoms with Crippen molar-refractivity contribution in [3.8, 4) is 11.5 Å². The molecule has 1 aromatic carbocycles. The number of nitrogens with zero attached hydrogens (tertiary/aromatic N) is 1. The molecule has 0 radical (unpaired) electrons. The van der Waals surface area contributed by atoms with E-state index < -0.39 is 18.0 Å². The number of rotatable bonds is 4. The second kappa shape index (κ2) is 5.79. The van der Waals surface area contributed by atoms with Crippen LogP contribution in [0.25, 0.3) is 0 Å². The quantitative estimate of drug-likeness (QED) is 0.869. The summed E-state index contributed by atoms with van der Waals surface area (Å²) in [5.41, 5.74) is 6.45. The number of hydrogen-bond donors (Lipinski definition) is 2. The van der Waals surface area contributed by atoms with E-state index in [9.17, 15) is 9.50 Å². The Hall–Kier alpha value is -1.37. The summed E-state index contributed by atoms with van der Waals surface area (Å²) in [6.45, 7) is 4.79. The number of aliphatic hydroxyl groups excluding tert-OH is 1. The van der Waals surface area contributed by atoms with Gasteiger partial charge in [-0.15, -0.1) is 0 Å². The molecular weight excluding hydrogens is 275 g/mol. The molecule has 5 nitrogen and oxygen atoms in total. The fourth-order valence-electron chi connectivity index (χ4n) is 2.65. The van der Waals surface area contributed by atoms with E-state index in [2.05, 4.69) is 4.90 Å². The lowest BCUT2D eigenvalue weighted by Gasteiger charge is -2.34. The highest BCUT2D eigenvalue weighted by atomic mass is 19.1. The second-order valence-electron chi connectivity index (χ2n) is 5.83. The zero-order valence-corrected chi connectivity index (χ0v) is 12.1. The number of benzene rings is 1. The third kappa shape index (κ3) is 2.97. The molecule has 0 aliphatic carbocycles. The van der Waals surface area contributed by atoms with Crippen LogP contribution in [0.3, 0.4) is 0 Å². The summed E-state index contributed by atoms with van der Waals surface area (Å²) in [4.78, 5) is 2.17. The average Bonchev–Trinajstić information content (AvgIpc) is 2.41. The maximum Gasteiger partial charge on any atom is 0.197 e. The molecule has 0 bridgehead atoms. The molecule has 21 heavy (non-hydrogen) atoms. The maximum absolute atomic E-state index is 14.1. The number of halogens is 1. The molecule has 2 aliphatic rings. The molecule has 3 atom stereocenters. The highest BCUT2D eigenvalue weighted by Crippen LogP contribution is 2.37. The van der Waals surface area contributed by atoms with Gasteiger partial charge in [0.1, 0.15) is 12.7 Å². The summed E-state index contributed by atoms with van der Waals surface area (Å²) in [6.07, 6.45) is 0.101. The van der Waals surface area contributed by atoms with Gasteiger partial charge in [0.25, 0.3) is 0 Å². The van der Waals surface area contributed by atoms with Crippen molar-refractivity contribution >= 4 is 0 Å². The molecule has 0 spiro atoms. The number of hydrogen-bond acceptors (Lipinski definition) is 5. The van der Waals surface area contributed by atoms with E-state index >= 15 is 0 Å². The molecule has 3 unspecified atom stereocenters. The van der Waals surface area contributed by atoms with E-state index in [-0.39, 0.29) is 11.9 Å². The van der Waals surface area contributed by atoms with Gasteiger partial charge in [-0.2, -0.15) is 0 Å². The monoisotopic (exact) mass is 296 g/mol. The highest BCUT2D eigenvalue weighted by molar-refractivity contribution is 5.46. The Morgan fingerprint density at radius 2 is 2.24 bits per heavy atom. The molecule has 2 aliphatic heterocycles. The number of aliphatic hydroxyl groups is 1. The first-order valence-corrected chi connectivity index (χ1v) is 7.33. The van der Waals surface area contributed by atoms with Crippen molar-refractivity contribution < 1.29 is 19.0 Å². The lowest BCUT2D eigenvalue weighted by molar-refractivity contribution is 0.0891. The molecule has 0 saturated carbocycles. The summed E-state index contributed by atoms with van der Waals surface area (Å²) in [5, 5.41) is 10.3. The summed E-state index contributed by atoms with van der Waals surface area (Å²) >= 11 is 0. The SMILES string of the molecule is CC1COc2c(F)cc(C(O)C(N)CN3CCC3)cc2O1. The minimum absolute atomic E-state index is 0.111. The Balaban J connectivity index is 1.77. The van der Waals surface area contributed by atoms with Crippen LogP contribution >= 0.6 is 0 Å². The van der Waals surface area contributed by atoms with Crippen molar-refractivity contribution in [3.05, 3.63) is 23.5 Å². The first-order chi connectivity index (χ1) is 10.0. The van der Waals surface area contributed by atoms with Gasteiger partial charge in [-0.25, -0.2) is 4.39 Å². The molecule has 116 valence electrons. The molecule has 2 heterocycles. The Morgan fingerprint density at radius 1 is 1.48 bits per heavy atom. The summed E-state index contributed by atoms with van der Waals surface area (Å²) in [6, 6.07) is 2.44. The fraction of sp³-hybridized carbons (Fsp3) is 0.600. The minimum Gasteiger partial charge on any atom is -0.483 e. The van der Waals surface area contributed by atoms with E-state index in [1.54, 1.807) is 6.07 Å². The van der Waals surface area contributed by atoms with Crippen LogP contribution in [0.5, 0.6) is 11.5 Å². The van der Waals surface area contributed by atoms with E-state index in [1.165, 1.54) is 12.5 Å². The standard InChI is InChI=1S/C15H21FN2O3/c1-9-8-20-15-11(16)5-10(6-13(15)21-9)14(19)12(17)7-18-3-2-4-18/h5-6,9,12,14,19H,2-4,7-8,17H2,1H3. The van der Waals surface area contributed by atoms with Gasteiger partial charge in [-0.3, -0.25) is 0 Å². The molecule has 6 heteroatoms. The number of nitrogens with two attached hydrogens (primary N) is 1. The third-order valence-corrected chi connectivity index (χ3v) is 3.99. The van der Waals surface area contributed by atoms with E-state index in [4.69, 9.17) is 15.2 Å². The second-order valence-corrected chi connectivity index (χ2v) is 5.83. The van der Waals surface area contributed by atoms with Crippen LogP contribution in [0.1, 0.15) is 25.0 Å². The topological polar surface area (TPSA) is 68.0 Å². The van der Waals surface area contributed by atoms with Gasteiger partial charge in [-0.1, -0.05) is 0 Å². The van der Waals surface area contributed by atoms with Gasteiger partial charge >= 0.3 is 0 Å². The Bertz CT molecular complexity index is 522. The predicted molar refractivity (Wildman–Crippen MR) is 76.0 cm³/mol. The largest absolute Gasteiger partial charge is 0.483 e. The van der Waals surface area contributed by atoms with Crippen molar-refractivity contribution in [1.29, 1.82) is 0 Å². The highest BCUT2D eigenvalue weighted by Gasteiger charge is 2.27. The van der Waals surface area contributed by atoms with Crippen LogP contribution in [0.15, 0.2) is 12.1 Å². The smallest absolute Gasteiger partial charge is 0.197 e. The molecular formula is C15H21FN2O3. The third-order valence-electron chi connectivity index (χ3n) is 3.99. The van der Waals surface area contributed by atoms with Crippen LogP contribution in [-0.2, 0) is 0 Å². The normalized spacial score (nSPS) is 24.3. The average molecular weight is 296 g/mol. The molecule has 0 aromatic heterocycles. The Morgan fingerprint density at radius 3 is 2.90 bits per heavy atom. The van der Waals surface area contributed by atoms with Crippen LogP contribution in [-0.4, -0.2) is 48.4 Å². The zero-order chi connectivity index (χ0) is 15.0. The molecule has 1 saturated heterocycles. The van der Waals surface area contributed by atoms with Crippen LogP contribution in [0.2, 0.25) is 0 Å². The van der Waals surface area contributed by atoms with E-state index in [1.807, 2.05) is 6.92 Å². The predicted octanol–water partition coefficient (Wildman–Crippen LogP) is 1.05. The first-order valence-electron chi connectivity index (χ1n) is 7.33. The summed E-state index contributed by atoms with van der Waals surface area (Å²) in [7, 11) is 0. The lowest BCUT2D eigenvalue weighted by Crippen LogP contribution is -2.47. The van der Waals surface area contributed by atoms with Gasteiger partial charge in [0, 0.05) is 12.6 Å². The Kier molecular flexibility index (Phi) is 4.01. The molecule has 1 aromatic rings. The van der Waals surface area contributed by atoms with Gasteiger partial charge in [0.15, 0.2) is 17.3 Å². The number of ether oxygens (including phenoxy) is 2. The van der Waals surface area contributed by atoms with Crippen molar-refractivity contribution in [1.82, 2.24) is 4.90 Å². The van der Waals surface area contributed by atoms with Crippen molar-refractivity contribution in [2.75, 3.05) is 26.2 Å². The van der Waals surface area contributed by atoms with Gasteiger partial charge in [0.05, 0.1) is 6.10 Å². The molecule has 0 amide bonds. The van der Waals surface area contributed by atoms with Gasteiger partial charge in [-0.05, 0) is 44.1 Å².